The quantitative estimate of drug-likeness (QED) is 0.910. The summed E-state index contributed by atoms with van der Waals surface area (Å²) in [5.74, 6) is -0.213. The summed E-state index contributed by atoms with van der Waals surface area (Å²) < 4.78 is 24.2. The molecular formula is C15H21NO4S. The van der Waals surface area contributed by atoms with Crippen molar-refractivity contribution in [2.45, 2.75) is 24.7 Å². The van der Waals surface area contributed by atoms with Gasteiger partial charge in [0, 0.05) is 19.7 Å². The Labute approximate surface area is 125 Å². The van der Waals surface area contributed by atoms with E-state index >= 15 is 0 Å². The average Bonchev–Trinajstić information content (AvgIpc) is 2.54. The lowest BCUT2D eigenvalue weighted by molar-refractivity contribution is 0.0617. The van der Waals surface area contributed by atoms with Gasteiger partial charge < -0.3 is 10.0 Å². The van der Waals surface area contributed by atoms with Crippen LogP contribution in [0.15, 0.2) is 29.2 Å². The SMILES string of the molecule is CCS(=O)(=O)c1ccccc1C(=O)N1CCCC(CO)C1. The summed E-state index contributed by atoms with van der Waals surface area (Å²) in [5.41, 5.74) is 0.234. The highest BCUT2D eigenvalue weighted by atomic mass is 32.2. The summed E-state index contributed by atoms with van der Waals surface area (Å²) in [6.45, 7) is 2.71. The summed E-state index contributed by atoms with van der Waals surface area (Å²) in [7, 11) is -3.43. The van der Waals surface area contributed by atoms with Crippen LogP contribution in [-0.4, -0.2) is 49.8 Å². The Morgan fingerprint density at radius 1 is 1.38 bits per heavy atom. The molecule has 1 unspecified atom stereocenters. The van der Waals surface area contributed by atoms with Gasteiger partial charge in [-0.25, -0.2) is 8.42 Å². The van der Waals surface area contributed by atoms with Crippen molar-refractivity contribution in [1.29, 1.82) is 0 Å². The number of nitrogens with zero attached hydrogens (tertiary/aromatic N) is 1. The molecule has 5 nitrogen and oxygen atoms in total. The standard InChI is InChI=1S/C15H21NO4S/c1-2-21(19,20)14-8-4-3-7-13(14)15(18)16-9-5-6-12(10-16)11-17/h3-4,7-8,12,17H,2,5-6,9-11H2,1H3. The molecule has 6 heteroatoms. The van der Waals surface area contributed by atoms with Crippen LogP contribution in [0.2, 0.25) is 0 Å². The molecule has 116 valence electrons. The molecule has 1 N–H and O–H groups in total. The van der Waals surface area contributed by atoms with Crippen molar-refractivity contribution in [2.75, 3.05) is 25.4 Å². The molecule has 1 heterocycles. The largest absolute Gasteiger partial charge is 0.396 e. The van der Waals surface area contributed by atoms with E-state index in [4.69, 9.17) is 0 Å². The van der Waals surface area contributed by atoms with Gasteiger partial charge in [0.1, 0.15) is 0 Å². The summed E-state index contributed by atoms with van der Waals surface area (Å²) in [4.78, 5) is 14.4. The summed E-state index contributed by atoms with van der Waals surface area (Å²) in [5, 5.41) is 9.25. The molecule has 1 atom stereocenters. The molecule has 0 aliphatic carbocycles. The molecule has 1 aromatic carbocycles. The molecule has 1 fully saturated rings. The lowest BCUT2D eigenvalue weighted by atomic mass is 9.98. The maximum absolute atomic E-state index is 12.6. The van der Waals surface area contributed by atoms with E-state index in [-0.39, 0.29) is 34.6 Å². The van der Waals surface area contributed by atoms with E-state index in [1.54, 1.807) is 30.0 Å². The fraction of sp³-hybridized carbons (Fsp3) is 0.533. The van der Waals surface area contributed by atoms with Crippen molar-refractivity contribution in [3.05, 3.63) is 29.8 Å². The fourth-order valence-corrected chi connectivity index (χ4v) is 3.73. The maximum Gasteiger partial charge on any atom is 0.255 e. The van der Waals surface area contributed by atoms with Crippen LogP contribution in [0.25, 0.3) is 0 Å². The van der Waals surface area contributed by atoms with E-state index in [2.05, 4.69) is 0 Å². The first-order valence-corrected chi connectivity index (χ1v) is 8.86. The van der Waals surface area contributed by atoms with E-state index in [1.807, 2.05) is 0 Å². The van der Waals surface area contributed by atoms with Gasteiger partial charge in [-0.1, -0.05) is 19.1 Å². The Morgan fingerprint density at radius 3 is 2.76 bits per heavy atom. The lowest BCUT2D eigenvalue weighted by Gasteiger charge is -2.32. The van der Waals surface area contributed by atoms with E-state index in [9.17, 15) is 18.3 Å². The third-order valence-electron chi connectivity index (χ3n) is 3.90. The Kier molecular flexibility index (Phi) is 5.00. The van der Waals surface area contributed by atoms with Crippen LogP contribution >= 0.6 is 0 Å². The zero-order valence-electron chi connectivity index (χ0n) is 12.2. The number of likely N-dealkylation sites (tertiary alicyclic amines) is 1. The van der Waals surface area contributed by atoms with E-state index < -0.39 is 9.84 Å². The minimum absolute atomic E-state index is 0.0312. The van der Waals surface area contributed by atoms with Crippen LogP contribution in [-0.2, 0) is 9.84 Å². The van der Waals surface area contributed by atoms with E-state index in [0.29, 0.717) is 13.1 Å². The molecule has 1 aromatic rings. The number of carbonyl (C=O) groups excluding carboxylic acids is 1. The molecule has 1 aliphatic heterocycles. The number of aliphatic hydroxyl groups excluding tert-OH is 1. The van der Waals surface area contributed by atoms with Crippen LogP contribution in [0, 0.1) is 5.92 Å². The van der Waals surface area contributed by atoms with Gasteiger partial charge in [-0.05, 0) is 30.9 Å². The molecule has 1 aliphatic rings. The molecule has 2 rings (SSSR count). The highest BCUT2D eigenvalue weighted by Crippen LogP contribution is 2.22. The van der Waals surface area contributed by atoms with Gasteiger partial charge in [0.05, 0.1) is 16.2 Å². The van der Waals surface area contributed by atoms with Crippen LogP contribution in [0.5, 0.6) is 0 Å². The van der Waals surface area contributed by atoms with Crippen LogP contribution < -0.4 is 0 Å². The van der Waals surface area contributed by atoms with Gasteiger partial charge >= 0.3 is 0 Å². The number of piperidine rings is 1. The Morgan fingerprint density at radius 2 is 2.10 bits per heavy atom. The molecule has 0 spiro atoms. The first-order valence-electron chi connectivity index (χ1n) is 7.21. The number of sulfone groups is 1. The smallest absolute Gasteiger partial charge is 0.255 e. The van der Waals surface area contributed by atoms with Gasteiger partial charge in [-0.2, -0.15) is 0 Å². The fourth-order valence-electron chi connectivity index (χ4n) is 2.64. The third-order valence-corrected chi connectivity index (χ3v) is 5.68. The molecule has 21 heavy (non-hydrogen) atoms. The highest BCUT2D eigenvalue weighted by molar-refractivity contribution is 7.91. The Balaban J connectivity index is 2.32. The third kappa shape index (κ3) is 3.44. The first kappa shape index (κ1) is 16.0. The second kappa shape index (κ2) is 6.58. The van der Waals surface area contributed by atoms with Gasteiger partial charge in [0.15, 0.2) is 9.84 Å². The van der Waals surface area contributed by atoms with Crippen LogP contribution in [0.1, 0.15) is 30.1 Å². The predicted molar refractivity (Wildman–Crippen MR) is 79.9 cm³/mol. The number of amides is 1. The molecule has 0 aromatic heterocycles. The predicted octanol–water partition coefficient (Wildman–Crippen LogP) is 1.32. The minimum atomic E-state index is -3.43. The number of hydrogen-bond donors (Lipinski definition) is 1. The van der Waals surface area contributed by atoms with Gasteiger partial charge in [0.2, 0.25) is 0 Å². The number of carbonyl (C=O) groups is 1. The van der Waals surface area contributed by atoms with Gasteiger partial charge in [0.25, 0.3) is 5.91 Å². The van der Waals surface area contributed by atoms with Crippen molar-refractivity contribution in [3.8, 4) is 0 Å². The normalized spacial score (nSPS) is 19.5. The van der Waals surface area contributed by atoms with Crippen molar-refractivity contribution in [2.24, 2.45) is 5.92 Å². The van der Waals surface area contributed by atoms with Gasteiger partial charge in [-0.3, -0.25) is 4.79 Å². The number of hydrogen-bond acceptors (Lipinski definition) is 4. The molecule has 0 saturated carbocycles. The summed E-state index contributed by atoms with van der Waals surface area (Å²) in [6.07, 6.45) is 1.73. The highest BCUT2D eigenvalue weighted by Gasteiger charge is 2.27. The molecular weight excluding hydrogens is 290 g/mol. The summed E-state index contributed by atoms with van der Waals surface area (Å²) in [6, 6.07) is 6.36. The summed E-state index contributed by atoms with van der Waals surface area (Å²) >= 11 is 0. The maximum atomic E-state index is 12.6. The van der Waals surface area contributed by atoms with E-state index in [0.717, 1.165) is 12.8 Å². The van der Waals surface area contributed by atoms with Crippen molar-refractivity contribution in [3.63, 3.8) is 0 Å². The van der Waals surface area contributed by atoms with Crippen molar-refractivity contribution >= 4 is 15.7 Å². The van der Waals surface area contributed by atoms with Crippen molar-refractivity contribution < 1.29 is 18.3 Å². The van der Waals surface area contributed by atoms with E-state index in [1.165, 1.54) is 6.07 Å². The number of aliphatic hydroxyl groups is 1. The Bertz CT molecular complexity index is 612. The lowest BCUT2D eigenvalue weighted by Crippen LogP contribution is -2.41. The zero-order valence-corrected chi connectivity index (χ0v) is 13.0. The van der Waals surface area contributed by atoms with Gasteiger partial charge in [-0.15, -0.1) is 0 Å². The number of benzene rings is 1. The monoisotopic (exact) mass is 311 g/mol. The average molecular weight is 311 g/mol. The zero-order chi connectivity index (χ0) is 15.5. The molecule has 1 saturated heterocycles. The van der Waals surface area contributed by atoms with Crippen molar-refractivity contribution in [1.82, 2.24) is 4.90 Å². The Hall–Kier alpha value is -1.40. The molecule has 1 amide bonds. The molecule has 0 bridgehead atoms. The van der Waals surface area contributed by atoms with Crippen LogP contribution in [0.4, 0.5) is 0 Å². The van der Waals surface area contributed by atoms with Crippen LogP contribution in [0.3, 0.4) is 0 Å². The first-order chi connectivity index (χ1) is 9.99. The molecule has 0 radical (unpaired) electrons. The number of rotatable bonds is 4. The topological polar surface area (TPSA) is 74.7 Å². The second-order valence-corrected chi connectivity index (χ2v) is 7.59. The second-order valence-electron chi connectivity index (χ2n) is 5.34. The minimum Gasteiger partial charge on any atom is -0.396 e.